The lowest BCUT2D eigenvalue weighted by Gasteiger charge is -2.05. The number of hydrogen-bond acceptors (Lipinski definition) is 0. The van der Waals surface area contributed by atoms with Gasteiger partial charge in [-0.25, -0.2) is 4.39 Å². The zero-order valence-corrected chi connectivity index (χ0v) is 9.66. The standard InChI is InChI=1S/C11H11BrF2/c1-7-3-4-8(2)9(5-7)6-10(13)11(12)14/h3-5H,6H2,1-2H3/b11-10+. The Kier molecular flexibility index (Phi) is 3.81. The van der Waals surface area contributed by atoms with E-state index in [0.29, 0.717) is 0 Å². The van der Waals surface area contributed by atoms with E-state index in [0.717, 1.165) is 16.7 Å². The van der Waals surface area contributed by atoms with Crippen LogP contribution in [0, 0.1) is 13.8 Å². The fraction of sp³-hybridized carbons (Fsp3) is 0.273. The minimum atomic E-state index is -0.918. The second-order valence-electron chi connectivity index (χ2n) is 3.27. The third kappa shape index (κ3) is 2.91. The molecule has 0 fully saturated rings. The second kappa shape index (κ2) is 4.69. The minimum Gasteiger partial charge on any atom is -0.208 e. The average Bonchev–Trinajstić information content (AvgIpc) is 2.11. The molecule has 0 aromatic heterocycles. The molecule has 0 spiro atoms. The topological polar surface area (TPSA) is 0 Å². The van der Waals surface area contributed by atoms with Crippen molar-refractivity contribution in [1.29, 1.82) is 0 Å². The molecule has 0 atom stereocenters. The van der Waals surface area contributed by atoms with Crippen LogP contribution < -0.4 is 0 Å². The van der Waals surface area contributed by atoms with Crippen LogP contribution in [0.3, 0.4) is 0 Å². The van der Waals surface area contributed by atoms with E-state index < -0.39 is 10.6 Å². The number of halogens is 3. The van der Waals surface area contributed by atoms with Crippen molar-refractivity contribution in [3.63, 3.8) is 0 Å². The first-order chi connectivity index (χ1) is 6.50. The molecular formula is C11H11BrF2. The average molecular weight is 261 g/mol. The largest absolute Gasteiger partial charge is 0.208 e. The molecule has 1 aromatic rings. The quantitative estimate of drug-likeness (QED) is 0.742. The van der Waals surface area contributed by atoms with Crippen LogP contribution in [0.25, 0.3) is 0 Å². The smallest absolute Gasteiger partial charge is 0.197 e. The molecule has 0 saturated carbocycles. The van der Waals surface area contributed by atoms with E-state index in [-0.39, 0.29) is 6.42 Å². The molecule has 0 radical (unpaired) electrons. The Labute approximate surface area is 90.8 Å². The van der Waals surface area contributed by atoms with Gasteiger partial charge in [0.2, 0.25) is 0 Å². The van der Waals surface area contributed by atoms with Gasteiger partial charge >= 0.3 is 0 Å². The third-order valence-corrected chi connectivity index (χ3v) is 2.49. The maximum absolute atomic E-state index is 13.0. The lowest BCUT2D eigenvalue weighted by Crippen LogP contribution is -1.91. The fourth-order valence-corrected chi connectivity index (χ4v) is 1.36. The van der Waals surface area contributed by atoms with Crippen molar-refractivity contribution in [3.05, 3.63) is 45.5 Å². The SMILES string of the molecule is Cc1ccc(C)c(C/C(F)=C(\F)Br)c1. The molecule has 0 nitrogen and oxygen atoms in total. The normalized spacial score (nSPS) is 12.6. The Hall–Kier alpha value is -0.700. The van der Waals surface area contributed by atoms with Crippen LogP contribution in [0.5, 0.6) is 0 Å². The van der Waals surface area contributed by atoms with Crippen LogP contribution in [0.2, 0.25) is 0 Å². The van der Waals surface area contributed by atoms with Gasteiger partial charge in [0, 0.05) is 6.42 Å². The first-order valence-corrected chi connectivity index (χ1v) is 5.06. The molecule has 0 unspecified atom stereocenters. The van der Waals surface area contributed by atoms with Crippen LogP contribution in [0.15, 0.2) is 28.8 Å². The molecule has 0 N–H and O–H groups in total. The van der Waals surface area contributed by atoms with Gasteiger partial charge in [-0.3, -0.25) is 0 Å². The van der Waals surface area contributed by atoms with Gasteiger partial charge in [-0.15, -0.1) is 0 Å². The van der Waals surface area contributed by atoms with Crippen molar-refractivity contribution < 1.29 is 8.78 Å². The van der Waals surface area contributed by atoms with E-state index in [1.165, 1.54) is 0 Å². The predicted octanol–water partition coefficient (Wildman–Crippen LogP) is 4.35. The van der Waals surface area contributed by atoms with Crippen LogP contribution in [0.1, 0.15) is 16.7 Å². The summed E-state index contributed by atoms with van der Waals surface area (Å²) in [5.41, 5.74) is 2.84. The lowest BCUT2D eigenvalue weighted by molar-refractivity contribution is 0.556. The van der Waals surface area contributed by atoms with Gasteiger partial charge in [0.1, 0.15) is 5.83 Å². The Morgan fingerprint density at radius 2 is 1.93 bits per heavy atom. The highest BCUT2D eigenvalue weighted by molar-refractivity contribution is 9.11. The highest BCUT2D eigenvalue weighted by Crippen LogP contribution is 2.21. The highest BCUT2D eigenvalue weighted by Gasteiger charge is 2.06. The zero-order valence-electron chi connectivity index (χ0n) is 8.07. The van der Waals surface area contributed by atoms with Gasteiger partial charge in [-0.2, -0.15) is 4.39 Å². The monoisotopic (exact) mass is 260 g/mol. The van der Waals surface area contributed by atoms with Crippen LogP contribution in [0.4, 0.5) is 8.78 Å². The summed E-state index contributed by atoms with van der Waals surface area (Å²) in [6, 6.07) is 5.72. The first-order valence-electron chi connectivity index (χ1n) is 4.26. The van der Waals surface area contributed by atoms with Gasteiger partial charge in [0.05, 0.1) is 0 Å². The number of aryl methyl sites for hydroxylation is 2. The summed E-state index contributed by atoms with van der Waals surface area (Å²) in [4.78, 5) is 0. The number of benzene rings is 1. The van der Waals surface area contributed by atoms with E-state index >= 15 is 0 Å². The maximum Gasteiger partial charge on any atom is 0.197 e. The van der Waals surface area contributed by atoms with Gasteiger partial charge in [-0.05, 0) is 40.9 Å². The zero-order chi connectivity index (χ0) is 10.7. The van der Waals surface area contributed by atoms with E-state index in [2.05, 4.69) is 15.9 Å². The van der Waals surface area contributed by atoms with Gasteiger partial charge in [0.15, 0.2) is 4.74 Å². The van der Waals surface area contributed by atoms with E-state index in [1.54, 1.807) is 0 Å². The first kappa shape index (κ1) is 11.4. The molecule has 0 saturated heterocycles. The summed E-state index contributed by atoms with van der Waals surface area (Å²) in [7, 11) is 0. The van der Waals surface area contributed by atoms with Crippen LogP contribution >= 0.6 is 15.9 Å². The Morgan fingerprint density at radius 1 is 1.29 bits per heavy atom. The molecule has 0 aliphatic rings. The summed E-state index contributed by atoms with van der Waals surface area (Å²) < 4.78 is 24.5. The molecule has 3 heteroatoms. The van der Waals surface area contributed by atoms with Crippen molar-refractivity contribution >= 4 is 15.9 Å². The molecule has 0 amide bonds. The predicted molar refractivity (Wildman–Crippen MR) is 57.8 cm³/mol. The highest BCUT2D eigenvalue weighted by atomic mass is 79.9. The second-order valence-corrected chi connectivity index (χ2v) is 3.97. The molecule has 0 bridgehead atoms. The van der Waals surface area contributed by atoms with E-state index in [1.807, 2.05) is 32.0 Å². The summed E-state index contributed by atoms with van der Waals surface area (Å²) >= 11 is 2.48. The molecule has 0 aliphatic carbocycles. The summed E-state index contributed by atoms with van der Waals surface area (Å²) in [5.74, 6) is -0.765. The lowest BCUT2D eigenvalue weighted by atomic mass is 10.0. The Balaban J connectivity index is 2.97. The summed E-state index contributed by atoms with van der Waals surface area (Å²) in [6.45, 7) is 3.81. The maximum atomic E-state index is 13.0. The Morgan fingerprint density at radius 3 is 2.50 bits per heavy atom. The van der Waals surface area contributed by atoms with Gasteiger partial charge in [-0.1, -0.05) is 23.8 Å². The van der Waals surface area contributed by atoms with Crippen molar-refractivity contribution in [1.82, 2.24) is 0 Å². The number of rotatable bonds is 2. The molecule has 1 rings (SSSR count). The van der Waals surface area contributed by atoms with Crippen molar-refractivity contribution in [2.24, 2.45) is 0 Å². The molecule has 1 aromatic carbocycles. The molecule has 0 heterocycles. The fourth-order valence-electron chi connectivity index (χ4n) is 1.22. The van der Waals surface area contributed by atoms with Crippen LogP contribution in [-0.2, 0) is 6.42 Å². The molecule has 0 aliphatic heterocycles. The molecular weight excluding hydrogens is 250 g/mol. The summed E-state index contributed by atoms with van der Waals surface area (Å²) in [6.07, 6.45) is 0.00456. The third-order valence-electron chi connectivity index (χ3n) is 2.06. The van der Waals surface area contributed by atoms with Gasteiger partial charge in [0.25, 0.3) is 0 Å². The van der Waals surface area contributed by atoms with Crippen molar-refractivity contribution in [2.75, 3.05) is 0 Å². The van der Waals surface area contributed by atoms with Gasteiger partial charge < -0.3 is 0 Å². The minimum absolute atomic E-state index is 0.00456. The van der Waals surface area contributed by atoms with Crippen LogP contribution in [-0.4, -0.2) is 0 Å². The Bertz CT molecular complexity index is 366. The van der Waals surface area contributed by atoms with Crippen molar-refractivity contribution in [3.8, 4) is 0 Å². The molecule has 14 heavy (non-hydrogen) atoms. The van der Waals surface area contributed by atoms with E-state index in [9.17, 15) is 8.78 Å². The number of hydrogen-bond donors (Lipinski definition) is 0. The van der Waals surface area contributed by atoms with Crippen molar-refractivity contribution in [2.45, 2.75) is 20.3 Å². The van der Waals surface area contributed by atoms with E-state index in [4.69, 9.17) is 0 Å². The number of allylic oxidation sites excluding steroid dienone is 1. The summed E-state index contributed by atoms with van der Waals surface area (Å²) in [5, 5.41) is 0. The molecule has 76 valence electrons.